The molecule has 16 heavy (non-hydrogen) atoms. The number of hydrogen-bond acceptors (Lipinski definition) is 3. The molecule has 0 spiro atoms. The molecule has 86 valence electrons. The number of ether oxygens (including phenoxy) is 1. The van der Waals surface area contributed by atoms with Crippen LogP contribution in [0, 0.1) is 5.92 Å². The van der Waals surface area contributed by atoms with Gasteiger partial charge in [0.1, 0.15) is 5.75 Å². The van der Waals surface area contributed by atoms with Crippen molar-refractivity contribution >= 4 is 17.7 Å². The molecule has 0 radical (unpaired) electrons. The predicted molar refractivity (Wildman–Crippen MR) is 64.2 cm³/mol. The molecule has 4 heteroatoms. The summed E-state index contributed by atoms with van der Waals surface area (Å²) in [5, 5.41) is 9.11. The van der Waals surface area contributed by atoms with E-state index in [2.05, 4.69) is 0 Å². The third-order valence-electron chi connectivity index (χ3n) is 2.94. The first-order valence-corrected chi connectivity index (χ1v) is 6.32. The van der Waals surface area contributed by atoms with Gasteiger partial charge in [0, 0.05) is 17.4 Å². The van der Waals surface area contributed by atoms with Gasteiger partial charge in [-0.15, -0.1) is 0 Å². The van der Waals surface area contributed by atoms with Crippen LogP contribution in [-0.2, 0) is 4.79 Å². The number of carboxylic acid groups (broad SMARTS) is 1. The molecular weight excluding hydrogens is 224 g/mol. The van der Waals surface area contributed by atoms with E-state index in [0.717, 1.165) is 17.1 Å². The molecule has 1 saturated heterocycles. The molecule has 1 aromatic carbocycles. The second kappa shape index (κ2) is 4.78. The fraction of sp³-hybridized carbons (Fsp3) is 0.417. The van der Waals surface area contributed by atoms with Crippen LogP contribution in [0.2, 0.25) is 0 Å². The topological polar surface area (TPSA) is 46.5 Å². The van der Waals surface area contributed by atoms with E-state index in [1.54, 1.807) is 18.9 Å². The smallest absolute Gasteiger partial charge is 0.307 e. The molecule has 0 aromatic heterocycles. The van der Waals surface area contributed by atoms with Crippen LogP contribution >= 0.6 is 11.8 Å². The molecule has 1 N–H and O–H groups in total. The number of carbonyl (C=O) groups is 1. The van der Waals surface area contributed by atoms with E-state index in [1.165, 1.54) is 0 Å². The van der Waals surface area contributed by atoms with Crippen molar-refractivity contribution in [1.29, 1.82) is 0 Å². The van der Waals surface area contributed by atoms with Crippen LogP contribution in [0.1, 0.15) is 11.5 Å². The van der Waals surface area contributed by atoms with Crippen LogP contribution < -0.4 is 4.74 Å². The summed E-state index contributed by atoms with van der Waals surface area (Å²) in [6.45, 7) is 0. The fourth-order valence-corrected chi connectivity index (χ4v) is 3.42. The Morgan fingerprint density at radius 2 is 2.06 bits per heavy atom. The van der Waals surface area contributed by atoms with Gasteiger partial charge in [0.2, 0.25) is 0 Å². The normalized spacial score (nSPS) is 24.3. The second-order valence-electron chi connectivity index (χ2n) is 3.86. The third-order valence-corrected chi connectivity index (χ3v) is 4.13. The van der Waals surface area contributed by atoms with Crippen LogP contribution in [0.25, 0.3) is 0 Å². The lowest BCUT2D eigenvalue weighted by Crippen LogP contribution is -2.20. The maximum Gasteiger partial charge on any atom is 0.307 e. The Labute approximate surface area is 98.8 Å². The molecule has 1 aromatic rings. The maximum absolute atomic E-state index is 11.1. The number of carboxylic acids is 1. The molecule has 1 heterocycles. The highest BCUT2D eigenvalue weighted by Gasteiger charge is 2.34. The Hall–Kier alpha value is -1.16. The highest BCUT2D eigenvalue weighted by Crippen LogP contribution is 2.38. The minimum absolute atomic E-state index is 0.133. The summed E-state index contributed by atoms with van der Waals surface area (Å²) in [7, 11) is 1.63. The van der Waals surface area contributed by atoms with Crippen LogP contribution in [0.15, 0.2) is 24.3 Å². The van der Waals surface area contributed by atoms with Gasteiger partial charge in [0.15, 0.2) is 0 Å². The van der Waals surface area contributed by atoms with Crippen molar-refractivity contribution in [2.75, 3.05) is 18.6 Å². The zero-order chi connectivity index (χ0) is 11.5. The van der Waals surface area contributed by atoms with E-state index in [-0.39, 0.29) is 11.8 Å². The van der Waals surface area contributed by atoms with Crippen molar-refractivity contribution in [2.24, 2.45) is 5.92 Å². The van der Waals surface area contributed by atoms with Crippen molar-refractivity contribution in [2.45, 2.75) is 5.92 Å². The summed E-state index contributed by atoms with van der Waals surface area (Å²) in [6.07, 6.45) is 0. The van der Waals surface area contributed by atoms with Gasteiger partial charge in [-0.25, -0.2) is 0 Å². The largest absolute Gasteiger partial charge is 0.497 e. The fourth-order valence-electron chi connectivity index (χ4n) is 1.98. The highest BCUT2D eigenvalue weighted by atomic mass is 32.2. The predicted octanol–water partition coefficient (Wildman–Crippen LogP) is 2.23. The van der Waals surface area contributed by atoms with Crippen LogP contribution in [0.4, 0.5) is 0 Å². The van der Waals surface area contributed by atoms with Gasteiger partial charge in [-0.3, -0.25) is 4.79 Å². The highest BCUT2D eigenvalue weighted by molar-refractivity contribution is 7.99. The van der Waals surface area contributed by atoms with Gasteiger partial charge >= 0.3 is 5.97 Å². The van der Waals surface area contributed by atoms with E-state index in [9.17, 15) is 4.79 Å². The zero-order valence-corrected chi connectivity index (χ0v) is 9.87. The molecule has 0 unspecified atom stereocenters. The molecule has 0 amide bonds. The molecule has 2 rings (SSSR count). The minimum atomic E-state index is -0.689. The SMILES string of the molecule is COc1ccc([C@@H]2CSC[C@H]2C(=O)O)cc1. The lowest BCUT2D eigenvalue weighted by Gasteiger charge is -2.15. The van der Waals surface area contributed by atoms with E-state index >= 15 is 0 Å². The Morgan fingerprint density at radius 1 is 1.38 bits per heavy atom. The number of methoxy groups -OCH3 is 1. The van der Waals surface area contributed by atoms with E-state index < -0.39 is 5.97 Å². The third kappa shape index (κ3) is 2.16. The average Bonchev–Trinajstić information content (AvgIpc) is 2.78. The summed E-state index contributed by atoms with van der Waals surface area (Å²) in [6, 6.07) is 7.70. The van der Waals surface area contributed by atoms with Crippen molar-refractivity contribution in [3.63, 3.8) is 0 Å². The van der Waals surface area contributed by atoms with Crippen molar-refractivity contribution < 1.29 is 14.6 Å². The number of rotatable bonds is 3. The molecular formula is C12H14O3S. The number of benzene rings is 1. The Bertz CT molecular complexity index is 374. The standard InChI is InChI=1S/C12H14O3S/c1-15-9-4-2-8(3-5-9)10-6-16-7-11(10)12(13)14/h2-5,10-11H,6-7H2,1H3,(H,13,14)/t10-,11+/m0/s1. The van der Waals surface area contributed by atoms with Crippen molar-refractivity contribution in [1.82, 2.24) is 0 Å². The number of thioether (sulfide) groups is 1. The Morgan fingerprint density at radius 3 is 2.62 bits per heavy atom. The van der Waals surface area contributed by atoms with E-state index in [4.69, 9.17) is 9.84 Å². The van der Waals surface area contributed by atoms with Crippen LogP contribution in [0.5, 0.6) is 5.75 Å². The summed E-state index contributed by atoms with van der Waals surface area (Å²) in [5.41, 5.74) is 1.10. The van der Waals surface area contributed by atoms with Gasteiger partial charge < -0.3 is 9.84 Å². The van der Waals surface area contributed by atoms with E-state index in [1.807, 2.05) is 24.3 Å². The van der Waals surface area contributed by atoms with Crippen molar-refractivity contribution in [3.05, 3.63) is 29.8 Å². The quantitative estimate of drug-likeness (QED) is 0.877. The lowest BCUT2D eigenvalue weighted by atomic mass is 9.89. The number of aliphatic carboxylic acids is 1. The molecule has 2 atom stereocenters. The summed E-state index contributed by atoms with van der Waals surface area (Å²) < 4.78 is 5.08. The Balaban J connectivity index is 2.19. The second-order valence-corrected chi connectivity index (χ2v) is 4.94. The Kier molecular flexibility index (Phi) is 3.39. The molecule has 3 nitrogen and oxygen atoms in total. The van der Waals surface area contributed by atoms with Gasteiger partial charge in [-0.1, -0.05) is 12.1 Å². The monoisotopic (exact) mass is 238 g/mol. The molecule has 1 aliphatic heterocycles. The van der Waals surface area contributed by atoms with Crippen molar-refractivity contribution in [3.8, 4) is 5.75 Å². The molecule has 0 bridgehead atoms. The van der Waals surface area contributed by atoms with Crippen LogP contribution in [0.3, 0.4) is 0 Å². The first kappa shape index (κ1) is 11.3. The zero-order valence-electron chi connectivity index (χ0n) is 9.05. The average molecular weight is 238 g/mol. The van der Waals surface area contributed by atoms with Gasteiger partial charge in [-0.05, 0) is 17.7 Å². The first-order valence-electron chi connectivity index (χ1n) is 5.17. The molecule has 0 aliphatic carbocycles. The van der Waals surface area contributed by atoms with Crippen LogP contribution in [-0.4, -0.2) is 29.7 Å². The molecule has 1 fully saturated rings. The van der Waals surface area contributed by atoms with Gasteiger partial charge in [0.25, 0.3) is 0 Å². The first-order chi connectivity index (χ1) is 7.72. The maximum atomic E-state index is 11.1. The van der Waals surface area contributed by atoms with Gasteiger partial charge in [0.05, 0.1) is 13.0 Å². The molecule has 0 saturated carbocycles. The minimum Gasteiger partial charge on any atom is -0.497 e. The van der Waals surface area contributed by atoms with Gasteiger partial charge in [-0.2, -0.15) is 11.8 Å². The van der Waals surface area contributed by atoms with E-state index in [0.29, 0.717) is 5.75 Å². The molecule has 1 aliphatic rings. The summed E-state index contributed by atoms with van der Waals surface area (Å²) in [4.78, 5) is 11.1. The number of hydrogen-bond donors (Lipinski definition) is 1. The summed E-state index contributed by atoms with van der Waals surface area (Å²) in [5.74, 6) is 1.61. The lowest BCUT2D eigenvalue weighted by molar-refractivity contribution is -0.141. The summed E-state index contributed by atoms with van der Waals surface area (Å²) >= 11 is 1.71.